The number of nitrogens with one attached hydrogen (secondary N) is 1. The summed E-state index contributed by atoms with van der Waals surface area (Å²) in [5.41, 5.74) is -0.0212. The lowest BCUT2D eigenvalue weighted by Crippen LogP contribution is -2.57. The lowest BCUT2D eigenvalue weighted by molar-refractivity contribution is -0.152. The van der Waals surface area contributed by atoms with Crippen molar-refractivity contribution in [3.8, 4) is 0 Å². The van der Waals surface area contributed by atoms with E-state index in [0.717, 1.165) is 6.42 Å². The molecule has 0 aromatic rings. The average molecular weight is 263 g/mol. The first-order valence-corrected chi connectivity index (χ1v) is 7.97. The van der Waals surface area contributed by atoms with Crippen LogP contribution in [0.15, 0.2) is 0 Å². The van der Waals surface area contributed by atoms with Gasteiger partial charge in [0, 0.05) is 12.3 Å². The van der Waals surface area contributed by atoms with Gasteiger partial charge in [-0.3, -0.25) is 14.9 Å². The van der Waals surface area contributed by atoms with Crippen LogP contribution in [0.2, 0.25) is 0 Å². The van der Waals surface area contributed by atoms with Gasteiger partial charge in [0.1, 0.15) is 0 Å². The highest BCUT2D eigenvalue weighted by Crippen LogP contribution is 2.55. The molecule has 2 amide bonds. The summed E-state index contributed by atoms with van der Waals surface area (Å²) in [6.45, 7) is 2.27. The highest BCUT2D eigenvalue weighted by atomic mass is 16.2. The Bertz CT molecular complexity index is 386. The number of hydrogen-bond acceptors (Lipinski definition) is 2. The van der Waals surface area contributed by atoms with Gasteiger partial charge < -0.3 is 0 Å². The highest BCUT2D eigenvalue weighted by Gasteiger charge is 2.54. The van der Waals surface area contributed by atoms with Crippen LogP contribution in [-0.2, 0) is 9.59 Å². The molecule has 3 fully saturated rings. The Hall–Kier alpha value is -0.860. The molecular weight excluding hydrogens is 238 g/mol. The van der Waals surface area contributed by atoms with E-state index in [-0.39, 0.29) is 23.1 Å². The quantitative estimate of drug-likeness (QED) is 0.739. The van der Waals surface area contributed by atoms with Gasteiger partial charge in [0.15, 0.2) is 0 Å². The molecule has 0 radical (unpaired) electrons. The van der Waals surface area contributed by atoms with E-state index in [2.05, 4.69) is 12.2 Å². The van der Waals surface area contributed by atoms with E-state index >= 15 is 0 Å². The number of piperidine rings is 1. The zero-order valence-corrected chi connectivity index (χ0v) is 11.9. The van der Waals surface area contributed by atoms with Crippen molar-refractivity contribution in [1.82, 2.24) is 5.32 Å². The molecule has 2 aliphatic carbocycles. The molecule has 106 valence electrons. The Balaban J connectivity index is 1.95. The van der Waals surface area contributed by atoms with Crippen LogP contribution >= 0.6 is 0 Å². The van der Waals surface area contributed by atoms with E-state index in [9.17, 15) is 9.59 Å². The topological polar surface area (TPSA) is 46.2 Å². The van der Waals surface area contributed by atoms with Crippen molar-refractivity contribution in [2.24, 2.45) is 23.2 Å². The fraction of sp³-hybridized carbons (Fsp3) is 0.875. The molecular formula is C16H25NO2. The Morgan fingerprint density at radius 3 is 2.42 bits per heavy atom. The van der Waals surface area contributed by atoms with Crippen molar-refractivity contribution in [3.05, 3.63) is 0 Å². The van der Waals surface area contributed by atoms with Crippen LogP contribution in [0.1, 0.15) is 64.7 Å². The summed E-state index contributed by atoms with van der Waals surface area (Å²) >= 11 is 0. The van der Waals surface area contributed by atoms with Crippen molar-refractivity contribution >= 4 is 11.8 Å². The van der Waals surface area contributed by atoms with Crippen LogP contribution in [-0.4, -0.2) is 11.8 Å². The minimum Gasteiger partial charge on any atom is -0.296 e. The summed E-state index contributed by atoms with van der Waals surface area (Å²) in [7, 11) is 0. The van der Waals surface area contributed by atoms with Crippen LogP contribution in [0.3, 0.4) is 0 Å². The second-order valence-electron chi connectivity index (χ2n) is 6.99. The molecule has 1 heterocycles. The van der Waals surface area contributed by atoms with Crippen molar-refractivity contribution in [2.45, 2.75) is 64.7 Å². The highest BCUT2D eigenvalue weighted by molar-refractivity contribution is 6.00. The van der Waals surface area contributed by atoms with E-state index in [0.29, 0.717) is 18.3 Å². The maximum atomic E-state index is 12.5. The van der Waals surface area contributed by atoms with E-state index in [4.69, 9.17) is 0 Å². The van der Waals surface area contributed by atoms with Gasteiger partial charge in [-0.1, -0.05) is 39.0 Å². The Morgan fingerprint density at radius 2 is 1.74 bits per heavy atom. The normalized spacial score (nSPS) is 40.7. The Labute approximate surface area is 115 Å². The number of amides is 2. The van der Waals surface area contributed by atoms with E-state index in [1.807, 2.05) is 0 Å². The maximum absolute atomic E-state index is 12.5. The largest absolute Gasteiger partial charge is 0.296 e. The first-order chi connectivity index (χ1) is 9.13. The molecule has 0 aromatic carbocycles. The van der Waals surface area contributed by atoms with Crippen LogP contribution in [0, 0.1) is 23.2 Å². The first-order valence-electron chi connectivity index (χ1n) is 7.97. The monoisotopic (exact) mass is 263 g/mol. The third-order valence-electron chi connectivity index (χ3n) is 6.04. The molecule has 2 saturated carbocycles. The number of carbonyl (C=O) groups excluding carboxylic acids is 2. The Kier molecular flexibility index (Phi) is 3.40. The van der Waals surface area contributed by atoms with E-state index in [1.165, 1.54) is 44.9 Å². The zero-order valence-electron chi connectivity index (χ0n) is 11.9. The van der Waals surface area contributed by atoms with Crippen LogP contribution in [0.4, 0.5) is 0 Å². The summed E-state index contributed by atoms with van der Waals surface area (Å²) in [6.07, 6.45) is 10.2. The third-order valence-corrected chi connectivity index (χ3v) is 6.04. The van der Waals surface area contributed by atoms with Gasteiger partial charge in [0.05, 0.1) is 0 Å². The predicted molar refractivity (Wildman–Crippen MR) is 73.3 cm³/mol. The molecule has 1 aliphatic heterocycles. The number of imide groups is 1. The van der Waals surface area contributed by atoms with Gasteiger partial charge in [-0.25, -0.2) is 0 Å². The molecule has 1 spiro atoms. The average Bonchev–Trinajstić information content (AvgIpc) is 2.85. The van der Waals surface area contributed by atoms with E-state index < -0.39 is 0 Å². The van der Waals surface area contributed by atoms with Crippen molar-refractivity contribution in [3.63, 3.8) is 0 Å². The lowest BCUT2D eigenvalue weighted by atomic mass is 9.54. The lowest BCUT2D eigenvalue weighted by Gasteiger charge is -2.51. The minimum atomic E-state index is -0.0343. The molecule has 3 aliphatic rings. The molecule has 3 rings (SSSR count). The minimum absolute atomic E-state index is 0.0212. The van der Waals surface area contributed by atoms with Crippen molar-refractivity contribution in [2.75, 3.05) is 0 Å². The van der Waals surface area contributed by atoms with Gasteiger partial charge in [-0.05, 0) is 36.5 Å². The van der Waals surface area contributed by atoms with Gasteiger partial charge >= 0.3 is 0 Å². The van der Waals surface area contributed by atoms with Gasteiger partial charge in [0.25, 0.3) is 0 Å². The smallest absolute Gasteiger partial charge is 0.230 e. The van der Waals surface area contributed by atoms with Crippen LogP contribution < -0.4 is 5.32 Å². The molecule has 1 N–H and O–H groups in total. The zero-order chi connectivity index (χ0) is 13.5. The molecule has 1 saturated heterocycles. The summed E-state index contributed by atoms with van der Waals surface area (Å²) < 4.78 is 0. The van der Waals surface area contributed by atoms with Gasteiger partial charge in [0.2, 0.25) is 11.8 Å². The molecule has 0 bridgehead atoms. The van der Waals surface area contributed by atoms with Gasteiger partial charge in [-0.2, -0.15) is 0 Å². The van der Waals surface area contributed by atoms with Gasteiger partial charge in [-0.15, -0.1) is 0 Å². The first kappa shape index (κ1) is 13.1. The SMILES string of the molecule is CC1CCCCC12CC(=O)NC(=O)C2C1CCCC1. The summed E-state index contributed by atoms with van der Waals surface area (Å²) in [6, 6.07) is 0. The molecule has 3 heteroatoms. The van der Waals surface area contributed by atoms with Crippen LogP contribution in [0.25, 0.3) is 0 Å². The summed E-state index contributed by atoms with van der Waals surface area (Å²) in [5, 5.41) is 2.62. The third kappa shape index (κ3) is 2.11. The molecule has 3 unspecified atom stereocenters. The molecule has 19 heavy (non-hydrogen) atoms. The fourth-order valence-corrected chi connectivity index (χ4v) is 5.07. The van der Waals surface area contributed by atoms with Crippen LogP contribution in [0.5, 0.6) is 0 Å². The molecule has 3 atom stereocenters. The number of carbonyl (C=O) groups is 2. The maximum Gasteiger partial charge on any atom is 0.230 e. The molecule has 0 aromatic heterocycles. The molecule has 3 nitrogen and oxygen atoms in total. The van der Waals surface area contributed by atoms with Crippen molar-refractivity contribution in [1.29, 1.82) is 0 Å². The second-order valence-corrected chi connectivity index (χ2v) is 6.99. The second kappa shape index (κ2) is 4.92. The number of hydrogen-bond donors (Lipinski definition) is 1. The Morgan fingerprint density at radius 1 is 1.05 bits per heavy atom. The number of rotatable bonds is 1. The van der Waals surface area contributed by atoms with E-state index in [1.54, 1.807) is 0 Å². The standard InChI is InChI=1S/C16H25NO2/c1-11-6-4-5-9-16(11)10-13(18)17-15(19)14(16)12-7-2-3-8-12/h11-12,14H,2-10H2,1H3,(H,17,18,19). The summed E-state index contributed by atoms with van der Waals surface area (Å²) in [4.78, 5) is 24.4. The fourth-order valence-electron chi connectivity index (χ4n) is 5.07. The van der Waals surface area contributed by atoms with Crippen molar-refractivity contribution < 1.29 is 9.59 Å². The predicted octanol–water partition coefficient (Wildman–Crippen LogP) is 3.04. The summed E-state index contributed by atoms with van der Waals surface area (Å²) in [5.74, 6) is 1.14.